The van der Waals surface area contributed by atoms with Gasteiger partial charge in [0, 0.05) is 12.1 Å². The lowest BCUT2D eigenvalue weighted by Gasteiger charge is -2.19. The van der Waals surface area contributed by atoms with Crippen molar-refractivity contribution in [2.45, 2.75) is 23.1 Å². The van der Waals surface area contributed by atoms with Crippen LogP contribution in [0.2, 0.25) is 0 Å². The summed E-state index contributed by atoms with van der Waals surface area (Å²) in [6.07, 6.45) is 0.421. The third-order valence-corrected chi connectivity index (χ3v) is 4.95. The fourth-order valence-corrected chi connectivity index (χ4v) is 3.44. The molecule has 0 bridgehead atoms. The number of carbonyl (C=O) groups excluding carboxylic acids is 1. The number of carbonyl (C=O) groups is 1. The zero-order valence-electron chi connectivity index (χ0n) is 11.6. The summed E-state index contributed by atoms with van der Waals surface area (Å²) >= 11 is 12.6. The number of alkyl halides is 2. The van der Waals surface area contributed by atoms with Gasteiger partial charge < -0.3 is 5.32 Å². The number of aryl methyl sites for hydroxylation is 1. The lowest BCUT2D eigenvalue weighted by molar-refractivity contribution is -0.118. The molecule has 1 unspecified atom stereocenters. The maximum Gasteiger partial charge on any atom is 0.238 e. The molecule has 1 aliphatic carbocycles. The average Bonchev–Trinajstić information content (AvgIpc) is 3.07. The average molecular weight is 320 g/mol. The first-order chi connectivity index (χ1) is 9.97. The molecule has 1 atom stereocenters. The molecule has 4 heteroatoms. The molecule has 2 aromatic carbocycles. The highest BCUT2D eigenvalue weighted by molar-refractivity contribution is 6.54. The number of halogens is 2. The zero-order chi connectivity index (χ0) is 15.1. The second-order valence-electron chi connectivity index (χ2n) is 5.42. The molecule has 1 fully saturated rings. The lowest BCUT2D eigenvalue weighted by Crippen LogP contribution is -2.32. The molecule has 108 valence electrons. The summed E-state index contributed by atoms with van der Waals surface area (Å²) in [7, 11) is 0. The molecule has 1 amide bonds. The highest BCUT2D eigenvalue weighted by atomic mass is 35.5. The van der Waals surface area contributed by atoms with Gasteiger partial charge in [0.2, 0.25) is 5.91 Å². The molecule has 2 aromatic rings. The molecule has 0 heterocycles. The molecule has 1 saturated carbocycles. The van der Waals surface area contributed by atoms with E-state index in [1.54, 1.807) is 0 Å². The molecule has 2 nitrogen and oxygen atoms in total. The SMILES string of the molecule is Cc1ccccc1NC(=O)C1(c2ccccc2)CC1(Cl)Cl. The normalized spacial score (nSPS) is 22.6. The molecule has 0 saturated heterocycles. The van der Waals surface area contributed by atoms with Gasteiger partial charge in [-0.25, -0.2) is 0 Å². The molecule has 0 spiro atoms. The van der Waals surface area contributed by atoms with Crippen LogP contribution >= 0.6 is 23.2 Å². The number of hydrogen-bond donors (Lipinski definition) is 1. The monoisotopic (exact) mass is 319 g/mol. The first-order valence-electron chi connectivity index (χ1n) is 6.78. The Morgan fingerprint density at radius 2 is 1.62 bits per heavy atom. The minimum Gasteiger partial charge on any atom is -0.325 e. The van der Waals surface area contributed by atoms with Crippen molar-refractivity contribution in [3.63, 3.8) is 0 Å². The Morgan fingerprint density at radius 3 is 2.19 bits per heavy atom. The molecule has 3 rings (SSSR count). The first kappa shape index (κ1) is 14.4. The van der Waals surface area contributed by atoms with Crippen LogP contribution in [0.5, 0.6) is 0 Å². The van der Waals surface area contributed by atoms with Gasteiger partial charge in [0.1, 0.15) is 9.75 Å². The van der Waals surface area contributed by atoms with Crippen molar-refractivity contribution in [3.05, 3.63) is 65.7 Å². The summed E-state index contributed by atoms with van der Waals surface area (Å²) in [5.74, 6) is -0.159. The second kappa shape index (κ2) is 5.04. The number of hydrogen-bond acceptors (Lipinski definition) is 1. The van der Waals surface area contributed by atoms with E-state index in [1.165, 1.54) is 0 Å². The summed E-state index contributed by atoms with van der Waals surface area (Å²) in [5, 5.41) is 2.96. The van der Waals surface area contributed by atoms with Crippen molar-refractivity contribution >= 4 is 34.8 Å². The number of rotatable bonds is 3. The van der Waals surface area contributed by atoms with E-state index in [9.17, 15) is 4.79 Å². The van der Waals surface area contributed by atoms with Crippen LogP contribution in [0, 0.1) is 6.92 Å². The Hall–Kier alpha value is -1.51. The maximum absolute atomic E-state index is 12.8. The van der Waals surface area contributed by atoms with Gasteiger partial charge in [-0.15, -0.1) is 23.2 Å². The number of benzene rings is 2. The van der Waals surface area contributed by atoms with Gasteiger partial charge in [-0.1, -0.05) is 48.5 Å². The Morgan fingerprint density at radius 1 is 1.05 bits per heavy atom. The van der Waals surface area contributed by atoms with Crippen LogP contribution in [-0.2, 0) is 10.2 Å². The number of amides is 1. The summed E-state index contributed by atoms with van der Waals surface area (Å²) in [6.45, 7) is 1.95. The van der Waals surface area contributed by atoms with E-state index < -0.39 is 9.75 Å². The topological polar surface area (TPSA) is 29.1 Å². The number of nitrogens with one attached hydrogen (secondary N) is 1. The number of para-hydroxylation sites is 1. The van der Waals surface area contributed by atoms with E-state index in [1.807, 2.05) is 61.5 Å². The van der Waals surface area contributed by atoms with Gasteiger partial charge >= 0.3 is 0 Å². The third kappa shape index (κ3) is 2.33. The molecular weight excluding hydrogens is 305 g/mol. The van der Waals surface area contributed by atoms with Crippen LogP contribution in [0.4, 0.5) is 5.69 Å². The van der Waals surface area contributed by atoms with Crippen molar-refractivity contribution in [2.24, 2.45) is 0 Å². The van der Waals surface area contributed by atoms with Crippen molar-refractivity contribution < 1.29 is 4.79 Å². The summed E-state index contributed by atoms with van der Waals surface area (Å²) < 4.78 is -1.05. The first-order valence-corrected chi connectivity index (χ1v) is 7.53. The molecule has 0 aliphatic heterocycles. The van der Waals surface area contributed by atoms with Gasteiger partial charge in [-0.3, -0.25) is 4.79 Å². The van der Waals surface area contributed by atoms with Crippen LogP contribution in [0.15, 0.2) is 54.6 Å². The molecule has 1 N–H and O–H groups in total. The van der Waals surface area contributed by atoms with E-state index >= 15 is 0 Å². The maximum atomic E-state index is 12.8. The fourth-order valence-electron chi connectivity index (χ4n) is 2.64. The predicted molar refractivity (Wildman–Crippen MR) is 87.0 cm³/mol. The van der Waals surface area contributed by atoms with Gasteiger partial charge in [-0.2, -0.15) is 0 Å². The molecule has 0 radical (unpaired) electrons. The van der Waals surface area contributed by atoms with Crippen LogP contribution in [0.25, 0.3) is 0 Å². The Balaban J connectivity index is 1.94. The van der Waals surface area contributed by atoms with E-state index in [0.29, 0.717) is 6.42 Å². The van der Waals surface area contributed by atoms with E-state index in [4.69, 9.17) is 23.2 Å². The smallest absolute Gasteiger partial charge is 0.238 e. The second-order valence-corrected chi connectivity index (χ2v) is 6.91. The Labute approximate surface area is 134 Å². The Kier molecular flexibility index (Phi) is 3.46. The molecule has 1 aliphatic rings. The highest BCUT2D eigenvalue weighted by Gasteiger charge is 2.72. The predicted octanol–water partition coefficient (Wildman–Crippen LogP) is 4.45. The van der Waals surface area contributed by atoms with Crippen molar-refractivity contribution in [2.75, 3.05) is 5.32 Å². The van der Waals surface area contributed by atoms with Gasteiger partial charge in [0.25, 0.3) is 0 Å². The molecule has 0 aromatic heterocycles. The minimum absolute atomic E-state index is 0.159. The standard InChI is InChI=1S/C17H15Cl2NO/c1-12-7-5-6-10-14(12)20-15(21)16(11-17(16,18)19)13-8-3-2-4-9-13/h2-10H,11H2,1H3,(H,20,21). The van der Waals surface area contributed by atoms with Crippen LogP contribution < -0.4 is 5.32 Å². The van der Waals surface area contributed by atoms with Crippen LogP contribution in [-0.4, -0.2) is 10.2 Å². The quantitative estimate of drug-likeness (QED) is 0.832. The summed E-state index contributed by atoms with van der Waals surface area (Å²) in [4.78, 5) is 12.8. The third-order valence-electron chi connectivity index (χ3n) is 4.03. The van der Waals surface area contributed by atoms with Crippen molar-refractivity contribution in [1.82, 2.24) is 0 Å². The summed E-state index contributed by atoms with van der Waals surface area (Å²) in [5.41, 5.74) is 1.76. The van der Waals surface area contributed by atoms with E-state index in [0.717, 1.165) is 16.8 Å². The van der Waals surface area contributed by atoms with E-state index in [2.05, 4.69) is 5.32 Å². The Bertz CT molecular complexity index is 684. The van der Waals surface area contributed by atoms with Crippen molar-refractivity contribution in [3.8, 4) is 0 Å². The van der Waals surface area contributed by atoms with Crippen LogP contribution in [0.1, 0.15) is 17.5 Å². The number of anilines is 1. The lowest BCUT2D eigenvalue weighted by atomic mass is 9.94. The van der Waals surface area contributed by atoms with Gasteiger partial charge in [-0.05, 0) is 24.1 Å². The highest BCUT2D eigenvalue weighted by Crippen LogP contribution is 2.65. The van der Waals surface area contributed by atoms with Crippen LogP contribution in [0.3, 0.4) is 0 Å². The van der Waals surface area contributed by atoms with Crippen molar-refractivity contribution in [1.29, 1.82) is 0 Å². The summed E-state index contributed by atoms with van der Waals surface area (Å²) in [6, 6.07) is 17.1. The minimum atomic E-state index is -1.05. The fraction of sp³-hybridized carbons (Fsp3) is 0.235. The van der Waals surface area contributed by atoms with E-state index in [-0.39, 0.29) is 5.91 Å². The van der Waals surface area contributed by atoms with Gasteiger partial charge in [0.15, 0.2) is 0 Å². The zero-order valence-corrected chi connectivity index (χ0v) is 13.1. The van der Waals surface area contributed by atoms with Gasteiger partial charge in [0.05, 0.1) is 0 Å². The largest absolute Gasteiger partial charge is 0.325 e. The molecule has 21 heavy (non-hydrogen) atoms. The molecular formula is C17H15Cl2NO.